The lowest BCUT2D eigenvalue weighted by Gasteiger charge is -2.35. The number of rotatable bonds is 2. The number of hydrogen-bond acceptors (Lipinski definition) is 4. The number of piperidine rings is 1. The topological polar surface area (TPSA) is 54.2 Å². The maximum atomic E-state index is 5.68. The molecule has 0 radical (unpaired) electrons. The predicted molar refractivity (Wildman–Crippen MR) is 87.6 cm³/mol. The summed E-state index contributed by atoms with van der Waals surface area (Å²) < 4.78 is 5.35. The van der Waals surface area contributed by atoms with Gasteiger partial charge in [0, 0.05) is 19.1 Å². The Bertz CT molecular complexity index is 560. The molecule has 3 aliphatic rings. The van der Waals surface area contributed by atoms with Crippen molar-refractivity contribution in [3.8, 4) is 0 Å². The maximum Gasteiger partial charge on any atom is 0.231 e. The number of aromatic nitrogens is 2. The molecule has 0 amide bonds. The van der Waals surface area contributed by atoms with Crippen LogP contribution in [-0.2, 0) is 0 Å². The maximum absolute atomic E-state index is 5.68. The number of hydrogen-bond donors (Lipinski definition) is 1. The molecule has 0 aromatic carbocycles. The molecule has 2 bridgehead atoms. The van der Waals surface area contributed by atoms with Crippen molar-refractivity contribution in [2.45, 2.75) is 57.4 Å². The molecule has 3 fully saturated rings. The van der Waals surface area contributed by atoms with Crippen molar-refractivity contribution < 1.29 is 4.52 Å². The molecule has 5 nitrogen and oxygen atoms in total. The molecule has 22 heavy (non-hydrogen) atoms. The van der Waals surface area contributed by atoms with Gasteiger partial charge in [0.15, 0.2) is 10.9 Å². The van der Waals surface area contributed by atoms with Crippen molar-refractivity contribution in [3.05, 3.63) is 11.7 Å². The van der Waals surface area contributed by atoms with Crippen LogP contribution >= 0.6 is 12.2 Å². The van der Waals surface area contributed by atoms with Gasteiger partial charge in [0.2, 0.25) is 5.89 Å². The van der Waals surface area contributed by atoms with Crippen LogP contribution in [0.4, 0.5) is 0 Å². The quantitative estimate of drug-likeness (QED) is 0.846. The van der Waals surface area contributed by atoms with E-state index in [0.29, 0.717) is 12.0 Å². The van der Waals surface area contributed by atoms with E-state index in [1.54, 1.807) is 0 Å². The van der Waals surface area contributed by atoms with Gasteiger partial charge in [0.05, 0.1) is 5.92 Å². The van der Waals surface area contributed by atoms with Gasteiger partial charge >= 0.3 is 0 Å². The Kier molecular flexibility index (Phi) is 3.80. The Labute approximate surface area is 136 Å². The Morgan fingerprint density at radius 2 is 2.23 bits per heavy atom. The van der Waals surface area contributed by atoms with Crippen LogP contribution in [-0.4, -0.2) is 39.3 Å². The van der Waals surface area contributed by atoms with E-state index < -0.39 is 0 Å². The lowest BCUT2D eigenvalue weighted by Crippen LogP contribution is -2.49. The number of likely N-dealkylation sites (tertiary alicyclic amines) is 1. The smallest absolute Gasteiger partial charge is 0.231 e. The van der Waals surface area contributed by atoms with Crippen LogP contribution in [0, 0.1) is 18.8 Å². The summed E-state index contributed by atoms with van der Waals surface area (Å²) >= 11 is 5.68. The molecule has 1 aliphatic heterocycles. The zero-order valence-electron chi connectivity index (χ0n) is 13.1. The molecule has 0 unspecified atom stereocenters. The minimum absolute atomic E-state index is 0.315. The minimum Gasteiger partial charge on any atom is -0.360 e. The van der Waals surface area contributed by atoms with Crippen LogP contribution in [0.25, 0.3) is 0 Å². The van der Waals surface area contributed by atoms with Gasteiger partial charge in [-0.05, 0) is 63.1 Å². The summed E-state index contributed by atoms with van der Waals surface area (Å²) in [4.78, 5) is 6.70. The van der Waals surface area contributed by atoms with Crippen molar-refractivity contribution in [1.29, 1.82) is 0 Å². The number of nitrogens with zero attached hydrogens (tertiary/aromatic N) is 3. The SMILES string of the molecule is Cc1noc([C@H]2CCCN(C(=S)N[C@H]3C[C@H]4CC[C@H]3C4)C2)n1. The minimum atomic E-state index is 0.315. The summed E-state index contributed by atoms with van der Waals surface area (Å²) in [5.74, 6) is 3.59. The van der Waals surface area contributed by atoms with E-state index in [1.807, 2.05) is 6.92 Å². The van der Waals surface area contributed by atoms with Crippen LogP contribution in [0.2, 0.25) is 0 Å². The Balaban J connectivity index is 1.36. The monoisotopic (exact) mass is 320 g/mol. The highest BCUT2D eigenvalue weighted by Gasteiger charge is 2.40. The van der Waals surface area contributed by atoms with Gasteiger partial charge in [-0.2, -0.15) is 4.98 Å². The molecule has 1 saturated heterocycles. The highest BCUT2D eigenvalue weighted by molar-refractivity contribution is 7.80. The average Bonchev–Trinajstić information content (AvgIpc) is 3.24. The van der Waals surface area contributed by atoms with E-state index in [0.717, 1.165) is 54.6 Å². The second-order valence-corrected chi connectivity index (χ2v) is 7.58. The zero-order chi connectivity index (χ0) is 15.1. The fourth-order valence-electron chi connectivity index (χ4n) is 4.51. The molecule has 4 rings (SSSR count). The lowest BCUT2D eigenvalue weighted by atomic mass is 9.95. The number of nitrogens with one attached hydrogen (secondary N) is 1. The van der Waals surface area contributed by atoms with Gasteiger partial charge in [-0.25, -0.2) is 0 Å². The molecule has 6 heteroatoms. The molecule has 1 aromatic heterocycles. The first-order chi connectivity index (χ1) is 10.7. The van der Waals surface area contributed by atoms with Crippen molar-refractivity contribution in [2.75, 3.05) is 13.1 Å². The summed E-state index contributed by atoms with van der Waals surface area (Å²) in [5.41, 5.74) is 0. The molecular formula is C16H24N4OS. The summed E-state index contributed by atoms with van der Waals surface area (Å²) in [5, 5.41) is 8.49. The van der Waals surface area contributed by atoms with E-state index in [4.69, 9.17) is 16.7 Å². The van der Waals surface area contributed by atoms with Crippen LogP contribution in [0.3, 0.4) is 0 Å². The fraction of sp³-hybridized carbons (Fsp3) is 0.812. The van der Waals surface area contributed by atoms with E-state index in [1.165, 1.54) is 25.7 Å². The highest BCUT2D eigenvalue weighted by Crippen LogP contribution is 2.44. The third-order valence-electron chi connectivity index (χ3n) is 5.65. The third-order valence-corrected chi connectivity index (χ3v) is 6.02. The molecule has 1 N–H and O–H groups in total. The van der Waals surface area contributed by atoms with Gasteiger partial charge in [-0.3, -0.25) is 0 Å². The summed E-state index contributed by atoms with van der Waals surface area (Å²) in [6.07, 6.45) is 7.77. The first kappa shape index (κ1) is 14.4. The average molecular weight is 320 g/mol. The number of fused-ring (bicyclic) bond motifs is 2. The fourth-order valence-corrected chi connectivity index (χ4v) is 4.83. The molecule has 2 saturated carbocycles. The van der Waals surface area contributed by atoms with Crippen LogP contribution in [0.1, 0.15) is 56.2 Å². The first-order valence-electron chi connectivity index (χ1n) is 8.54. The van der Waals surface area contributed by atoms with Gasteiger partial charge in [-0.15, -0.1) is 0 Å². The summed E-state index contributed by atoms with van der Waals surface area (Å²) in [7, 11) is 0. The molecule has 1 aromatic rings. The number of aryl methyl sites for hydroxylation is 1. The van der Waals surface area contributed by atoms with E-state index in [-0.39, 0.29) is 0 Å². The predicted octanol–water partition coefficient (Wildman–Crippen LogP) is 2.62. The van der Waals surface area contributed by atoms with Crippen LogP contribution in [0.5, 0.6) is 0 Å². The first-order valence-corrected chi connectivity index (χ1v) is 8.95. The van der Waals surface area contributed by atoms with Gasteiger partial charge < -0.3 is 14.7 Å². The standard InChI is InChI=1S/C16H24N4OS/c1-10-17-15(21-19-10)13-3-2-6-20(9-13)16(22)18-14-8-11-4-5-12(14)7-11/h11-14H,2-9H2,1H3,(H,18,22)/t11-,12-,13-,14-/m0/s1. The Hall–Kier alpha value is -1.17. The second kappa shape index (κ2) is 5.80. The zero-order valence-corrected chi connectivity index (χ0v) is 13.9. The van der Waals surface area contributed by atoms with Gasteiger partial charge in [-0.1, -0.05) is 11.6 Å². The summed E-state index contributed by atoms with van der Waals surface area (Å²) in [6.45, 7) is 3.81. The lowest BCUT2D eigenvalue weighted by molar-refractivity contribution is 0.253. The molecule has 120 valence electrons. The van der Waals surface area contributed by atoms with E-state index in [2.05, 4.69) is 20.4 Å². The van der Waals surface area contributed by atoms with E-state index >= 15 is 0 Å². The van der Waals surface area contributed by atoms with Crippen molar-refractivity contribution in [3.63, 3.8) is 0 Å². The van der Waals surface area contributed by atoms with Crippen LogP contribution < -0.4 is 5.32 Å². The molecular weight excluding hydrogens is 296 g/mol. The van der Waals surface area contributed by atoms with Crippen molar-refractivity contribution in [2.24, 2.45) is 11.8 Å². The third kappa shape index (κ3) is 2.73. The highest BCUT2D eigenvalue weighted by atomic mass is 32.1. The number of thiocarbonyl (C=S) groups is 1. The van der Waals surface area contributed by atoms with E-state index in [9.17, 15) is 0 Å². The molecule has 0 spiro atoms. The van der Waals surface area contributed by atoms with Crippen molar-refractivity contribution >= 4 is 17.3 Å². The molecule has 2 heterocycles. The summed E-state index contributed by atoms with van der Waals surface area (Å²) in [6, 6.07) is 0.609. The Morgan fingerprint density at radius 3 is 2.91 bits per heavy atom. The Morgan fingerprint density at radius 1 is 1.32 bits per heavy atom. The second-order valence-electron chi connectivity index (χ2n) is 7.20. The van der Waals surface area contributed by atoms with Crippen LogP contribution in [0.15, 0.2) is 4.52 Å². The van der Waals surface area contributed by atoms with Gasteiger partial charge in [0.1, 0.15) is 0 Å². The largest absolute Gasteiger partial charge is 0.360 e. The molecule has 4 atom stereocenters. The van der Waals surface area contributed by atoms with Crippen molar-refractivity contribution in [1.82, 2.24) is 20.4 Å². The normalized spacial score (nSPS) is 34.1. The van der Waals surface area contributed by atoms with Gasteiger partial charge in [0.25, 0.3) is 0 Å². The molecule has 2 aliphatic carbocycles.